The van der Waals surface area contributed by atoms with Gasteiger partial charge in [0.25, 0.3) is 11.8 Å². The molecular formula is C19H24N3O3+. The zero-order valence-corrected chi connectivity index (χ0v) is 14.2. The number of amides is 2. The van der Waals surface area contributed by atoms with E-state index in [2.05, 4.69) is 17.4 Å². The fraction of sp³-hybridized carbons (Fsp3) is 0.368. The van der Waals surface area contributed by atoms with Crippen molar-refractivity contribution in [1.82, 2.24) is 10.2 Å². The number of benzene rings is 1. The summed E-state index contributed by atoms with van der Waals surface area (Å²) in [6, 6.07) is 13.5. The normalized spacial score (nSPS) is 15.1. The average Bonchev–Trinajstić information content (AvgIpc) is 3.17. The molecule has 2 aromatic rings. The largest absolute Gasteiger partial charge is 0.459 e. The maximum atomic E-state index is 12.2. The highest BCUT2D eigenvalue weighted by Crippen LogP contribution is 2.05. The van der Waals surface area contributed by atoms with Crippen LogP contribution < -0.4 is 10.2 Å². The lowest BCUT2D eigenvalue weighted by atomic mass is 10.1. The van der Waals surface area contributed by atoms with E-state index in [0.717, 1.165) is 19.5 Å². The molecule has 0 atom stereocenters. The number of hydrogen-bond donors (Lipinski definition) is 2. The quantitative estimate of drug-likeness (QED) is 0.775. The van der Waals surface area contributed by atoms with Gasteiger partial charge in [-0.05, 0) is 24.1 Å². The molecule has 132 valence electrons. The van der Waals surface area contributed by atoms with Crippen LogP contribution in [0.25, 0.3) is 0 Å². The lowest BCUT2D eigenvalue weighted by Gasteiger charge is -2.31. The Hall–Kier alpha value is -2.60. The fourth-order valence-corrected chi connectivity index (χ4v) is 3.04. The Bertz CT molecular complexity index is 677. The topological polar surface area (TPSA) is 67.0 Å². The number of piperazine rings is 1. The SMILES string of the molecule is O=C(C[NH+]1CCN(C(=O)c2ccco2)CC1)NCCc1ccccc1. The van der Waals surface area contributed by atoms with Crippen molar-refractivity contribution >= 4 is 11.8 Å². The van der Waals surface area contributed by atoms with Gasteiger partial charge in [-0.25, -0.2) is 0 Å². The lowest BCUT2D eigenvalue weighted by molar-refractivity contribution is -0.896. The van der Waals surface area contributed by atoms with Gasteiger partial charge in [0.05, 0.1) is 32.4 Å². The van der Waals surface area contributed by atoms with E-state index in [1.807, 2.05) is 18.2 Å². The fourth-order valence-electron chi connectivity index (χ4n) is 3.04. The minimum absolute atomic E-state index is 0.0664. The highest BCUT2D eigenvalue weighted by molar-refractivity contribution is 5.91. The highest BCUT2D eigenvalue weighted by atomic mass is 16.3. The molecule has 1 saturated heterocycles. The minimum atomic E-state index is -0.0728. The van der Waals surface area contributed by atoms with Gasteiger partial charge < -0.3 is 19.5 Å². The summed E-state index contributed by atoms with van der Waals surface area (Å²) in [5.41, 5.74) is 1.22. The van der Waals surface area contributed by atoms with Crippen LogP contribution in [0.3, 0.4) is 0 Å². The third-order valence-electron chi connectivity index (χ3n) is 4.48. The minimum Gasteiger partial charge on any atom is -0.459 e. The van der Waals surface area contributed by atoms with Gasteiger partial charge in [-0.1, -0.05) is 30.3 Å². The number of quaternary nitrogens is 1. The summed E-state index contributed by atoms with van der Waals surface area (Å²) in [4.78, 5) is 27.3. The third kappa shape index (κ3) is 4.93. The molecular weight excluding hydrogens is 318 g/mol. The molecule has 1 fully saturated rings. The summed E-state index contributed by atoms with van der Waals surface area (Å²) in [6.07, 6.45) is 2.35. The first-order chi connectivity index (χ1) is 12.2. The number of rotatable bonds is 6. The van der Waals surface area contributed by atoms with Crippen LogP contribution in [0.5, 0.6) is 0 Å². The van der Waals surface area contributed by atoms with Crippen molar-refractivity contribution in [2.45, 2.75) is 6.42 Å². The summed E-state index contributed by atoms with van der Waals surface area (Å²) in [5.74, 6) is 0.371. The maximum Gasteiger partial charge on any atom is 0.289 e. The van der Waals surface area contributed by atoms with Crippen LogP contribution in [0, 0.1) is 0 Å². The first-order valence-corrected chi connectivity index (χ1v) is 8.69. The van der Waals surface area contributed by atoms with Crippen molar-refractivity contribution in [3.05, 3.63) is 60.1 Å². The van der Waals surface area contributed by atoms with Gasteiger partial charge in [0.2, 0.25) is 0 Å². The second-order valence-electron chi connectivity index (χ2n) is 6.28. The molecule has 2 amide bonds. The van der Waals surface area contributed by atoms with Crippen molar-refractivity contribution in [2.75, 3.05) is 39.3 Å². The predicted molar refractivity (Wildman–Crippen MR) is 93.3 cm³/mol. The van der Waals surface area contributed by atoms with Gasteiger partial charge >= 0.3 is 0 Å². The van der Waals surface area contributed by atoms with Gasteiger partial charge in [0.15, 0.2) is 12.3 Å². The molecule has 1 aromatic carbocycles. The molecule has 2 N–H and O–H groups in total. The van der Waals surface area contributed by atoms with Crippen molar-refractivity contribution in [3.8, 4) is 0 Å². The van der Waals surface area contributed by atoms with E-state index in [1.165, 1.54) is 16.7 Å². The third-order valence-corrected chi connectivity index (χ3v) is 4.48. The molecule has 1 aliphatic rings. The van der Waals surface area contributed by atoms with Crippen molar-refractivity contribution in [2.24, 2.45) is 0 Å². The van der Waals surface area contributed by atoms with Crippen LogP contribution in [0.1, 0.15) is 16.1 Å². The van der Waals surface area contributed by atoms with Crippen molar-refractivity contribution < 1.29 is 18.9 Å². The Kier molecular flexibility index (Phi) is 5.85. The summed E-state index contributed by atoms with van der Waals surface area (Å²) < 4.78 is 5.16. The van der Waals surface area contributed by atoms with Crippen LogP contribution in [0.4, 0.5) is 0 Å². The molecule has 0 aliphatic carbocycles. The zero-order chi connectivity index (χ0) is 17.5. The molecule has 6 heteroatoms. The van der Waals surface area contributed by atoms with Crippen LogP contribution in [-0.2, 0) is 11.2 Å². The molecule has 0 bridgehead atoms. The molecule has 0 radical (unpaired) electrons. The van der Waals surface area contributed by atoms with E-state index in [9.17, 15) is 9.59 Å². The molecule has 6 nitrogen and oxygen atoms in total. The number of carbonyl (C=O) groups is 2. The first-order valence-electron chi connectivity index (χ1n) is 8.69. The lowest BCUT2D eigenvalue weighted by Crippen LogP contribution is -3.15. The summed E-state index contributed by atoms with van der Waals surface area (Å²) in [7, 11) is 0. The maximum absolute atomic E-state index is 12.2. The molecule has 3 rings (SSSR count). The van der Waals surface area contributed by atoms with Crippen molar-refractivity contribution in [3.63, 3.8) is 0 Å². The van der Waals surface area contributed by atoms with Crippen LogP contribution >= 0.6 is 0 Å². The average molecular weight is 342 g/mol. The van der Waals surface area contributed by atoms with E-state index >= 15 is 0 Å². The molecule has 25 heavy (non-hydrogen) atoms. The first kappa shape index (κ1) is 17.2. The monoisotopic (exact) mass is 342 g/mol. The molecule has 1 aliphatic heterocycles. The Balaban J connectivity index is 1.35. The Labute approximate surface area is 147 Å². The van der Waals surface area contributed by atoms with E-state index < -0.39 is 0 Å². The molecule has 0 spiro atoms. The summed E-state index contributed by atoms with van der Waals surface area (Å²) in [6.45, 7) is 3.95. The van der Waals surface area contributed by atoms with E-state index in [1.54, 1.807) is 17.0 Å². The van der Waals surface area contributed by atoms with Gasteiger partial charge in [-0.15, -0.1) is 0 Å². The second kappa shape index (κ2) is 8.48. The standard InChI is InChI=1S/C19H23N3O3/c23-18(20-9-8-16-5-2-1-3-6-16)15-21-10-12-22(13-11-21)19(24)17-7-4-14-25-17/h1-7,14H,8-13,15H2,(H,20,23)/p+1. The van der Waals surface area contributed by atoms with Gasteiger partial charge in [0.1, 0.15) is 0 Å². The van der Waals surface area contributed by atoms with Crippen molar-refractivity contribution in [1.29, 1.82) is 0 Å². The Morgan fingerprint density at radius 2 is 1.84 bits per heavy atom. The number of nitrogens with zero attached hydrogens (tertiary/aromatic N) is 1. The zero-order valence-electron chi connectivity index (χ0n) is 14.2. The Morgan fingerprint density at radius 1 is 1.08 bits per heavy atom. The summed E-state index contributed by atoms with van der Waals surface area (Å²) in [5, 5.41) is 2.98. The van der Waals surface area contributed by atoms with E-state index in [4.69, 9.17) is 4.42 Å². The number of hydrogen-bond acceptors (Lipinski definition) is 3. The van der Waals surface area contributed by atoms with Crippen LogP contribution in [0.2, 0.25) is 0 Å². The van der Waals surface area contributed by atoms with Gasteiger partial charge in [-0.3, -0.25) is 9.59 Å². The van der Waals surface area contributed by atoms with Crippen LogP contribution in [0.15, 0.2) is 53.1 Å². The van der Waals surface area contributed by atoms with Crippen LogP contribution in [-0.4, -0.2) is 56.0 Å². The number of carbonyl (C=O) groups excluding carboxylic acids is 2. The second-order valence-corrected chi connectivity index (χ2v) is 6.28. The number of nitrogens with one attached hydrogen (secondary N) is 2. The summed E-state index contributed by atoms with van der Waals surface area (Å²) >= 11 is 0. The van der Waals surface area contributed by atoms with Gasteiger partial charge in [-0.2, -0.15) is 0 Å². The molecule has 2 heterocycles. The highest BCUT2D eigenvalue weighted by Gasteiger charge is 2.26. The Morgan fingerprint density at radius 3 is 2.52 bits per heavy atom. The molecule has 0 saturated carbocycles. The molecule has 1 aromatic heterocycles. The molecule has 0 unspecified atom stereocenters. The van der Waals surface area contributed by atoms with Gasteiger partial charge in [0, 0.05) is 6.54 Å². The van der Waals surface area contributed by atoms with E-state index in [0.29, 0.717) is 31.9 Å². The smallest absolute Gasteiger partial charge is 0.289 e. The predicted octanol–water partition coefficient (Wildman–Crippen LogP) is -0.0208. The van der Waals surface area contributed by atoms with E-state index in [-0.39, 0.29) is 11.8 Å². The number of furan rings is 1.